The van der Waals surface area contributed by atoms with Crippen molar-refractivity contribution in [3.63, 3.8) is 0 Å². The van der Waals surface area contributed by atoms with Crippen LogP contribution in [0.5, 0.6) is 5.75 Å². The highest BCUT2D eigenvalue weighted by Gasteiger charge is 2.32. The van der Waals surface area contributed by atoms with Crippen LogP contribution in [-0.2, 0) is 11.3 Å². The molecule has 1 aliphatic carbocycles. The second kappa shape index (κ2) is 6.95. The summed E-state index contributed by atoms with van der Waals surface area (Å²) in [5.74, 6) is 1.67. The maximum atomic E-state index is 5.90. The lowest BCUT2D eigenvalue weighted by atomic mass is 10.1. The van der Waals surface area contributed by atoms with Gasteiger partial charge in [0.1, 0.15) is 5.75 Å². The molecule has 1 fully saturated rings. The minimum atomic E-state index is 0.516. The first-order valence-electron chi connectivity index (χ1n) is 7.33. The van der Waals surface area contributed by atoms with Crippen LogP contribution in [-0.4, -0.2) is 33.4 Å². The van der Waals surface area contributed by atoms with Gasteiger partial charge in [0.2, 0.25) is 0 Å². The van der Waals surface area contributed by atoms with Gasteiger partial charge in [-0.15, -0.1) is 0 Å². The van der Waals surface area contributed by atoms with Gasteiger partial charge >= 0.3 is 0 Å². The van der Waals surface area contributed by atoms with Crippen molar-refractivity contribution in [2.24, 2.45) is 11.7 Å². The minimum Gasteiger partial charge on any atom is -0.497 e. The van der Waals surface area contributed by atoms with Crippen molar-refractivity contribution in [3.8, 4) is 5.75 Å². The molecule has 0 radical (unpaired) electrons. The molecule has 0 spiro atoms. The minimum absolute atomic E-state index is 0.516. The molecule has 2 N–H and O–H groups in total. The average Bonchev–Trinajstić information content (AvgIpc) is 3.31. The van der Waals surface area contributed by atoms with Gasteiger partial charge in [0.25, 0.3) is 0 Å². The van der Waals surface area contributed by atoms with Crippen LogP contribution < -0.4 is 15.4 Å². The van der Waals surface area contributed by atoms with Gasteiger partial charge in [-0.2, -0.15) is 0 Å². The molecule has 0 bridgehead atoms. The van der Waals surface area contributed by atoms with Gasteiger partial charge in [0, 0.05) is 38.0 Å². The molecule has 1 aromatic carbocycles. The van der Waals surface area contributed by atoms with E-state index in [1.807, 2.05) is 6.07 Å². The average molecular weight is 278 g/mol. The highest BCUT2D eigenvalue weighted by atomic mass is 16.5. The van der Waals surface area contributed by atoms with Crippen LogP contribution in [0.3, 0.4) is 0 Å². The second-order valence-corrected chi connectivity index (χ2v) is 5.46. The van der Waals surface area contributed by atoms with Crippen molar-refractivity contribution in [1.29, 1.82) is 0 Å². The summed E-state index contributed by atoms with van der Waals surface area (Å²) in [6, 6.07) is 6.65. The maximum Gasteiger partial charge on any atom is 0.120 e. The van der Waals surface area contributed by atoms with Gasteiger partial charge in [-0.25, -0.2) is 0 Å². The molecule has 0 amide bonds. The summed E-state index contributed by atoms with van der Waals surface area (Å²) < 4.78 is 10.6. The standard InChI is InChI=1S/C16H26N2O2/c1-12(13-4-5-13)18(8-9-19-2)16-10-15(20-3)7-6-14(16)11-17/h6-7,10,12-13H,4-5,8-9,11,17H2,1-3H3. The summed E-state index contributed by atoms with van der Waals surface area (Å²) in [6.45, 7) is 4.44. The SMILES string of the molecule is COCCN(c1cc(OC)ccc1CN)C(C)C1CC1. The fraction of sp³-hybridized carbons (Fsp3) is 0.625. The third kappa shape index (κ3) is 3.44. The zero-order valence-electron chi connectivity index (χ0n) is 12.8. The lowest BCUT2D eigenvalue weighted by Gasteiger charge is -2.33. The Morgan fingerprint density at radius 2 is 2.10 bits per heavy atom. The van der Waals surface area contributed by atoms with Crippen molar-refractivity contribution >= 4 is 5.69 Å². The zero-order chi connectivity index (χ0) is 14.5. The van der Waals surface area contributed by atoms with Crippen LogP contribution in [0, 0.1) is 5.92 Å². The maximum absolute atomic E-state index is 5.90. The van der Waals surface area contributed by atoms with Crippen molar-refractivity contribution in [1.82, 2.24) is 0 Å². The Kier molecular flexibility index (Phi) is 5.26. The van der Waals surface area contributed by atoms with Crippen molar-refractivity contribution in [3.05, 3.63) is 23.8 Å². The van der Waals surface area contributed by atoms with Gasteiger partial charge < -0.3 is 20.1 Å². The zero-order valence-corrected chi connectivity index (χ0v) is 12.8. The molecule has 0 aromatic heterocycles. The first-order valence-corrected chi connectivity index (χ1v) is 7.33. The molecule has 2 rings (SSSR count). The smallest absolute Gasteiger partial charge is 0.120 e. The quantitative estimate of drug-likeness (QED) is 0.793. The Bertz CT molecular complexity index is 432. The molecule has 0 saturated heterocycles. The van der Waals surface area contributed by atoms with Gasteiger partial charge in [0.15, 0.2) is 0 Å². The molecule has 20 heavy (non-hydrogen) atoms. The van der Waals surface area contributed by atoms with E-state index >= 15 is 0 Å². The van der Waals surface area contributed by atoms with E-state index in [1.54, 1.807) is 14.2 Å². The largest absolute Gasteiger partial charge is 0.497 e. The van der Waals surface area contributed by atoms with E-state index in [9.17, 15) is 0 Å². The van der Waals surface area contributed by atoms with Crippen LogP contribution in [0.4, 0.5) is 5.69 Å². The van der Waals surface area contributed by atoms with Crippen molar-refractivity contribution < 1.29 is 9.47 Å². The van der Waals surface area contributed by atoms with E-state index in [1.165, 1.54) is 18.5 Å². The molecule has 1 aromatic rings. The Labute approximate surface area is 121 Å². The summed E-state index contributed by atoms with van der Waals surface area (Å²) >= 11 is 0. The summed E-state index contributed by atoms with van der Waals surface area (Å²) in [7, 11) is 3.44. The number of nitrogens with two attached hydrogens (primary N) is 1. The highest BCUT2D eigenvalue weighted by Crippen LogP contribution is 2.38. The number of benzene rings is 1. The number of anilines is 1. The fourth-order valence-electron chi connectivity index (χ4n) is 2.68. The molecule has 1 saturated carbocycles. The number of rotatable bonds is 8. The van der Waals surface area contributed by atoms with Crippen LogP contribution in [0.2, 0.25) is 0 Å². The molecule has 4 heteroatoms. The topological polar surface area (TPSA) is 47.7 Å². The van der Waals surface area contributed by atoms with Crippen LogP contribution in [0.1, 0.15) is 25.3 Å². The lowest BCUT2D eigenvalue weighted by Crippen LogP contribution is -2.38. The van der Waals surface area contributed by atoms with Gasteiger partial charge in [0.05, 0.1) is 13.7 Å². The van der Waals surface area contributed by atoms with Crippen LogP contribution in [0.15, 0.2) is 18.2 Å². The third-order valence-electron chi connectivity index (χ3n) is 4.15. The highest BCUT2D eigenvalue weighted by molar-refractivity contribution is 5.58. The normalized spacial score (nSPS) is 16.0. The molecule has 1 atom stereocenters. The van der Waals surface area contributed by atoms with E-state index in [4.69, 9.17) is 15.2 Å². The number of ether oxygens (including phenoxy) is 2. The van der Waals surface area contributed by atoms with E-state index < -0.39 is 0 Å². The van der Waals surface area contributed by atoms with Gasteiger partial charge in [-0.1, -0.05) is 6.07 Å². The van der Waals surface area contributed by atoms with E-state index in [-0.39, 0.29) is 0 Å². The number of hydrogen-bond donors (Lipinski definition) is 1. The molecule has 0 aliphatic heterocycles. The summed E-state index contributed by atoms with van der Waals surface area (Å²) in [4.78, 5) is 2.42. The Morgan fingerprint density at radius 1 is 1.35 bits per heavy atom. The monoisotopic (exact) mass is 278 g/mol. The first-order chi connectivity index (χ1) is 9.71. The van der Waals surface area contributed by atoms with Crippen LogP contribution >= 0.6 is 0 Å². The van der Waals surface area contributed by atoms with E-state index in [0.717, 1.165) is 30.4 Å². The molecule has 4 nitrogen and oxygen atoms in total. The Morgan fingerprint density at radius 3 is 2.65 bits per heavy atom. The summed E-state index contributed by atoms with van der Waals surface area (Å²) in [5.41, 5.74) is 8.25. The number of nitrogens with zero attached hydrogens (tertiary/aromatic N) is 1. The first kappa shape index (κ1) is 15.1. The molecule has 0 heterocycles. The van der Waals surface area contributed by atoms with E-state index in [2.05, 4.69) is 24.0 Å². The lowest BCUT2D eigenvalue weighted by molar-refractivity contribution is 0.202. The van der Waals surface area contributed by atoms with E-state index in [0.29, 0.717) is 12.6 Å². The summed E-state index contributed by atoms with van der Waals surface area (Å²) in [5, 5.41) is 0. The molecular weight excluding hydrogens is 252 g/mol. The molecule has 1 aliphatic rings. The number of methoxy groups -OCH3 is 2. The second-order valence-electron chi connectivity index (χ2n) is 5.46. The fourth-order valence-corrected chi connectivity index (χ4v) is 2.68. The van der Waals surface area contributed by atoms with Crippen LogP contribution in [0.25, 0.3) is 0 Å². The predicted molar refractivity (Wildman–Crippen MR) is 82.3 cm³/mol. The Hall–Kier alpha value is -1.26. The Balaban J connectivity index is 2.29. The van der Waals surface area contributed by atoms with Crippen molar-refractivity contribution in [2.45, 2.75) is 32.4 Å². The molecule has 1 unspecified atom stereocenters. The summed E-state index contributed by atoms with van der Waals surface area (Å²) in [6.07, 6.45) is 2.65. The van der Waals surface area contributed by atoms with Crippen molar-refractivity contribution in [2.75, 3.05) is 32.3 Å². The van der Waals surface area contributed by atoms with Gasteiger partial charge in [-0.3, -0.25) is 0 Å². The number of hydrogen-bond acceptors (Lipinski definition) is 4. The predicted octanol–water partition coefficient (Wildman–Crippen LogP) is 2.41. The van der Waals surface area contributed by atoms with Gasteiger partial charge in [-0.05, 0) is 37.3 Å². The molecule has 112 valence electrons. The third-order valence-corrected chi connectivity index (χ3v) is 4.15. The molecular formula is C16H26N2O2.